The van der Waals surface area contributed by atoms with Crippen LogP contribution in [0.3, 0.4) is 0 Å². The van der Waals surface area contributed by atoms with Gasteiger partial charge in [-0.2, -0.15) is 0 Å². The van der Waals surface area contributed by atoms with Crippen LogP contribution in [-0.4, -0.2) is 15.0 Å². The molecule has 6 aromatic carbocycles. The summed E-state index contributed by atoms with van der Waals surface area (Å²) in [4.78, 5) is 15.4. The van der Waals surface area contributed by atoms with Gasteiger partial charge in [-0.15, -0.1) is 11.3 Å². The third kappa shape index (κ3) is 5.74. The van der Waals surface area contributed by atoms with Crippen molar-refractivity contribution in [1.82, 2.24) is 15.0 Å². The van der Waals surface area contributed by atoms with Crippen molar-refractivity contribution >= 4 is 64.3 Å². The first-order valence-electron chi connectivity index (χ1n) is 18.1. The lowest BCUT2D eigenvalue weighted by Crippen LogP contribution is -1.99. The Labute approximate surface area is 312 Å². The van der Waals surface area contributed by atoms with Crippen molar-refractivity contribution < 1.29 is 0 Å². The van der Waals surface area contributed by atoms with Gasteiger partial charge in [-0.25, -0.2) is 9.97 Å². The largest absolute Gasteiger partial charge is 0.256 e. The summed E-state index contributed by atoms with van der Waals surface area (Å²) in [5.74, 6) is 0.728. The fraction of sp³-hybridized carbons (Fsp3) is 0.0408. The molecule has 1 aliphatic carbocycles. The van der Waals surface area contributed by atoms with Gasteiger partial charge in [0.2, 0.25) is 0 Å². The third-order valence-electron chi connectivity index (χ3n) is 10.2. The first-order chi connectivity index (χ1) is 26.3. The first kappa shape index (κ1) is 31.3. The molecule has 0 aliphatic heterocycles. The Balaban J connectivity index is 1.24. The molecular formula is C49H33N3S. The second kappa shape index (κ2) is 13.2. The van der Waals surface area contributed by atoms with Crippen LogP contribution in [0.1, 0.15) is 24.1 Å². The van der Waals surface area contributed by atoms with Gasteiger partial charge < -0.3 is 0 Å². The third-order valence-corrected chi connectivity index (χ3v) is 11.4. The van der Waals surface area contributed by atoms with Gasteiger partial charge in [-0.05, 0) is 82.5 Å². The summed E-state index contributed by atoms with van der Waals surface area (Å²) in [6.07, 6.45) is 12.7. The van der Waals surface area contributed by atoms with Crippen LogP contribution in [0.2, 0.25) is 0 Å². The maximum atomic E-state index is 5.37. The van der Waals surface area contributed by atoms with Crippen molar-refractivity contribution in [1.29, 1.82) is 0 Å². The van der Waals surface area contributed by atoms with E-state index in [0.717, 1.165) is 63.0 Å². The Kier molecular flexibility index (Phi) is 7.81. The number of nitrogens with zero attached hydrogens (tertiary/aromatic N) is 3. The molecule has 3 aromatic heterocycles. The summed E-state index contributed by atoms with van der Waals surface area (Å²) in [7, 11) is 0. The molecule has 0 N–H and O–H groups in total. The smallest absolute Gasteiger partial charge is 0.160 e. The molecule has 250 valence electrons. The number of thiophene rings is 1. The van der Waals surface area contributed by atoms with Gasteiger partial charge in [0.05, 0.1) is 16.9 Å². The zero-order chi connectivity index (χ0) is 35.1. The van der Waals surface area contributed by atoms with E-state index >= 15 is 0 Å². The van der Waals surface area contributed by atoms with Crippen molar-refractivity contribution in [2.45, 2.75) is 12.8 Å². The number of hydrogen-bond acceptors (Lipinski definition) is 4. The van der Waals surface area contributed by atoms with E-state index in [1.807, 2.05) is 29.7 Å². The molecule has 3 nitrogen and oxygen atoms in total. The minimum atomic E-state index is 0.728. The van der Waals surface area contributed by atoms with Crippen LogP contribution in [0, 0.1) is 0 Å². The Bertz CT molecular complexity index is 2940. The Morgan fingerprint density at radius 1 is 0.528 bits per heavy atom. The van der Waals surface area contributed by atoms with E-state index in [2.05, 4.69) is 158 Å². The van der Waals surface area contributed by atoms with E-state index in [1.54, 1.807) is 0 Å². The number of pyridine rings is 1. The van der Waals surface area contributed by atoms with Crippen molar-refractivity contribution in [3.63, 3.8) is 0 Å². The number of aromatic nitrogens is 3. The molecule has 0 unspecified atom stereocenters. The molecule has 0 spiro atoms. The summed E-state index contributed by atoms with van der Waals surface area (Å²) in [5.41, 5.74) is 10.9. The molecular weight excluding hydrogens is 663 g/mol. The molecule has 0 bridgehead atoms. The molecule has 0 amide bonds. The number of fused-ring (bicyclic) bond motifs is 6. The number of benzene rings is 6. The molecule has 0 radical (unpaired) electrons. The monoisotopic (exact) mass is 695 g/mol. The predicted octanol–water partition coefficient (Wildman–Crippen LogP) is 13.4. The maximum absolute atomic E-state index is 5.37. The number of hydrogen-bond donors (Lipinski definition) is 0. The minimum Gasteiger partial charge on any atom is -0.256 e. The molecule has 9 aromatic rings. The van der Waals surface area contributed by atoms with Gasteiger partial charge >= 0.3 is 0 Å². The van der Waals surface area contributed by atoms with Crippen molar-refractivity contribution in [3.05, 3.63) is 187 Å². The lowest BCUT2D eigenvalue weighted by Gasteiger charge is -2.15. The lowest BCUT2D eigenvalue weighted by atomic mass is 9.92. The Hall–Kier alpha value is -6.49. The molecule has 53 heavy (non-hydrogen) atoms. The van der Waals surface area contributed by atoms with E-state index in [-0.39, 0.29) is 0 Å². The van der Waals surface area contributed by atoms with E-state index in [4.69, 9.17) is 15.0 Å². The van der Waals surface area contributed by atoms with Crippen LogP contribution in [0.5, 0.6) is 0 Å². The van der Waals surface area contributed by atoms with Crippen molar-refractivity contribution in [2.24, 2.45) is 0 Å². The van der Waals surface area contributed by atoms with Crippen LogP contribution >= 0.6 is 11.3 Å². The van der Waals surface area contributed by atoms with Gasteiger partial charge in [0.15, 0.2) is 5.82 Å². The molecule has 10 rings (SSSR count). The quantitative estimate of drug-likeness (QED) is 0.168. The zero-order valence-electron chi connectivity index (χ0n) is 28.9. The van der Waals surface area contributed by atoms with Gasteiger partial charge in [0, 0.05) is 48.3 Å². The number of rotatable bonds is 5. The zero-order valence-corrected chi connectivity index (χ0v) is 29.7. The van der Waals surface area contributed by atoms with Gasteiger partial charge in [-0.3, -0.25) is 4.98 Å². The van der Waals surface area contributed by atoms with Crippen LogP contribution in [0.4, 0.5) is 0 Å². The first-order valence-corrected chi connectivity index (χ1v) is 18.9. The highest BCUT2D eigenvalue weighted by Gasteiger charge is 2.19. The van der Waals surface area contributed by atoms with Crippen molar-refractivity contribution in [2.75, 3.05) is 0 Å². The van der Waals surface area contributed by atoms with Crippen LogP contribution in [0.25, 0.3) is 86.8 Å². The van der Waals surface area contributed by atoms with E-state index in [0.29, 0.717) is 0 Å². The van der Waals surface area contributed by atoms with E-state index < -0.39 is 0 Å². The summed E-state index contributed by atoms with van der Waals surface area (Å²) >= 11 is 1.84. The average molecular weight is 696 g/mol. The fourth-order valence-electron chi connectivity index (χ4n) is 7.61. The Morgan fingerprint density at radius 3 is 2.11 bits per heavy atom. The van der Waals surface area contributed by atoms with E-state index in [9.17, 15) is 0 Å². The molecule has 1 aliphatic rings. The molecule has 0 saturated heterocycles. The highest BCUT2D eigenvalue weighted by atomic mass is 32.1. The fourth-order valence-corrected chi connectivity index (χ4v) is 8.82. The topological polar surface area (TPSA) is 38.7 Å². The van der Waals surface area contributed by atoms with Gasteiger partial charge in [-0.1, -0.05) is 133 Å². The maximum Gasteiger partial charge on any atom is 0.160 e. The molecule has 0 saturated carbocycles. The molecule has 0 fully saturated rings. The SMILES string of the molecule is C1=C/C(c2ccccc2)=C\C=C(\c2cc(-c3cc(-c4cc5cccnc5c5ccccc45)cc4c3sc3ccccc34)nc(-c3ccccc3)n2)CC\1. The summed E-state index contributed by atoms with van der Waals surface area (Å²) in [6, 6.07) is 51.8. The molecule has 4 heteroatoms. The highest BCUT2D eigenvalue weighted by molar-refractivity contribution is 7.26. The van der Waals surface area contributed by atoms with Crippen molar-refractivity contribution in [3.8, 4) is 33.8 Å². The van der Waals surface area contributed by atoms with Gasteiger partial charge in [0.1, 0.15) is 0 Å². The van der Waals surface area contributed by atoms with Crippen LogP contribution in [0.15, 0.2) is 176 Å². The summed E-state index contributed by atoms with van der Waals surface area (Å²) in [5, 5.41) is 5.96. The second-order valence-electron chi connectivity index (χ2n) is 13.5. The summed E-state index contributed by atoms with van der Waals surface area (Å²) < 4.78 is 2.49. The highest BCUT2D eigenvalue weighted by Crippen LogP contribution is 2.45. The second-order valence-corrected chi connectivity index (χ2v) is 14.5. The van der Waals surface area contributed by atoms with Gasteiger partial charge in [0.25, 0.3) is 0 Å². The average Bonchev–Trinajstić information content (AvgIpc) is 3.59. The van der Waals surface area contributed by atoms with Crippen LogP contribution in [-0.2, 0) is 0 Å². The standard InChI is InChI=1S/C49H33N3S/c1-3-14-32(15-4-1)33-16-7-8-17-34(26-25-33)44-31-45(52-49(51-44)35-18-5-2-6-19-35)43-30-37(29-42-39-22-11-12-24-46(39)53-48(42)43)41-28-36-20-13-27-50-47(36)40-23-10-9-21-38(40)41/h1-7,9-16,18-31H,8,17H2/b16-7-,33-25+,34-26+. The number of allylic oxidation sites excluding steroid dienone is 6. The molecule has 0 atom stereocenters. The predicted molar refractivity (Wildman–Crippen MR) is 225 cm³/mol. The molecule has 3 heterocycles. The minimum absolute atomic E-state index is 0.728. The van der Waals surface area contributed by atoms with E-state index in [1.165, 1.54) is 47.8 Å². The lowest BCUT2D eigenvalue weighted by molar-refractivity contribution is 1.04. The van der Waals surface area contributed by atoms with Crippen LogP contribution < -0.4 is 0 Å². The Morgan fingerprint density at radius 2 is 1.26 bits per heavy atom. The summed E-state index contributed by atoms with van der Waals surface area (Å²) in [6.45, 7) is 0. The normalized spacial score (nSPS) is 15.8.